The van der Waals surface area contributed by atoms with Crippen LogP contribution >= 0.6 is 0 Å². The summed E-state index contributed by atoms with van der Waals surface area (Å²) in [5.74, 6) is -0.203. The maximum atomic E-state index is 10.6. The van der Waals surface area contributed by atoms with E-state index in [4.69, 9.17) is 5.11 Å². The molecule has 1 heterocycles. The zero-order chi connectivity index (χ0) is 12.0. The molecule has 0 amide bonds. The van der Waals surface area contributed by atoms with Gasteiger partial charge in [-0.3, -0.25) is 0 Å². The molecule has 0 aromatic carbocycles. The van der Waals surface area contributed by atoms with E-state index in [1.165, 1.54) is 17.0 Å². The molecular weight excluding hydrogens is 214 g/mol. The third kappa shape index (κ3) is 2.76. The number of imidazole rings is 1. The van der Waals surface area contributed by atoms with Crippen LogP contribution in [0.1, 0.15) is 12.6 Å². The molecule has 1 aromatic heterocycles. The van der Waals surface area contributed by atoms with Crippen molar-refractivity contribution in [3.8, 4) is 0 Å². The van der Waals surface area contributed by atoms with Crippen molar-refractivity contribution in [2.24, 2.45) is 5.10 Å². The average Bonchev–Trinajstić information content (AvgIpc) is 2.67. The maximum Gasteiger partial charge on any atom is 0.435 e. The summed E-state index contributed by atoms with van der Waals surface area (Å²) >= 11 is 0. The summed E-state index contributed by atoms with van der Waals surface area (Å²) in [5.41, 5.74) is 3.12. The normalized spacial score (nSPS) is 10.9. The monoisotopic (exact) mass is 227 g/mol. The second-order valence-corrected chi connectivity index (χ2v) is 2.87. The third-order valence-corrected chi connectivity index (χ3v) is 1.86. The summed E-state index contributed by atoms with van der Waals surface area (Å²) < 4.78 is 1.43. The third-order valence-electron chi connectivity index (χ3n) is 1.86. The van der Waals surface area contributed by atoms with Gasteiger partial charge in [0.2, 0.25) is 0 Å². The lowest BCUT2D eigenvalue weighted by Crippen LogP contribution is -2.12. The Bertz CT molecular complexity index is 387. The molecule has 1 rings (SSSR count). The molecule has 2 N–H and O–H groups in total. The van der Waals surface area contributed by atoms with Crippen LogP contribution in [0.3, 0.4) is 0 Å². The minimum atomic E-state index is -0.540. The molecule has 0 aliphatic heterocycles. The van der Waals surface area contributed by atoms with Crippen LogP contribution in [0.4, 0.5) is 5.95 Å². The lowest BCUT2D eigenvalue weighted by atomic mass is 10.5. The second-order valence-electron chi connectivity index (χ2n) is 2.87. The quantitative estimate of drug-likeness (QED) is 0.301. The molecule has 0 fully saturated rings. The predicted molar refractivity (Wildman–Crippen MR) is 57.2 cm³/mol. The Morgan fingerprint density at radius 2 is 2.56 bits per heavy atom. The molecule has 0 bridgehead atoms. The number of hydrogen-bond donors (Lipinski definition) is 2. The number of nitrogens with zero attached hydrogens (tertiary/aromatic N) is 4. The fourth-order valence-electron chi connectivity index (χ4n) is 1.18. The lowest BCUT2D eigenvalue weighted by molar-refractivity contribution is -0.396. The van der Waals surface area contributed by atoms with Gasteiger partial charge in [-0.25, -0.2) is 4.57 Å². The van der Waals surface area contributed by atoms with Crippen LogP contribution in [0.25, 0.3) is 0 Å². The smallest absolute Gasteiger partial charge is 0.394 e. The van der Waals surface area contributed by atoms with Crippen molar-refractivity contribution < 1.29 is 10.0 Å². The molecule has 8 nitrogen and oxygen atoms in total. The summed E-state index contributed by atoms with van der Waals surface area (Å²) in [6.07, 6.45) is 2.81. The molecular formula is C8H13N5O3. The van der Waals surface area contributed by atoms with Crippen molar-refractivity contribution in [1.29, 1.82) is 0 Å². The van der Waals surface area contributed by atoms with Gasteiger partial charge in [-0.1, -0.05) is 4.98 Å². The van der Waals surface area contributed by atoms with Gasteiger partial charge in [0.05, 0.1) is 25.9 Å². The highest BCUT2D eigenvalue weighted by molar-refractivity contribution is 5.77. The van der Waals surface area contributed by atoms with Gasteiger partial charge in [-0.2, -0.15) is 5.10 Å². The fraction of sp³-hybridized carbons (Fsp3) is 0.500. The fourth-order valence-corrected chi connectivity index (χ4v) is 1.18. The van der Waals surface area contributed by atoms with Crippen LogP contribution in [0, 0.1) is 10.1 Å². The van der Waals surface area contributed by atoms with Gasteiger partial charge >= 0.3 is 5.95 Å². The maximum absolute atomic E-state index is 10.6. The molecule has 0 saturated carbocycles. The van der Waals surface area contributed by atoms with Crippen LogP contribution in [0.15, 0.2) is 11.3 Å². The molecule has 0 unspecified atom stereocenters. The molecule has 0 saturated heterocycles. The SMILES string of the molecule is CCn1c(/C=N/NCCO)cnc1[N+](=O)[O-]. The number of nitrogens with one attached hydrogen (secondary N) is 1. The number of rotatable bonds is 6. The number of hydrogen-bond acceptors (Lipinski definition) is 6. The number of aliphatic hydroxyl groups is 1. The van der Waals surface area contributed by atoms with E-state index in [0.29, 0.717) is 18.8 Å². The molecule has 8 heteroatoms. The first kappa shape index (κ1) is 12.1. The molecule has 0 aliphatic carbocycles. The van der Waals surface area contributed by atoms with Gasteiger partial charge in [-0.15, -0.1) is 0 Å². The highest BCUT2D eigenvalue weighted by Crippen LogP contribution is 2.10. The van der Waals surface area contributed by atoms with E-state index in [9.17, 15) is 10.1 Å². The second kappa shape index (κ2) is 5.81. The Labute approximate surface area is 91.8 Å². The summed E-state index contributed by atoms with van der Waals surface area (Å²) in [5, 5.41) is 22.9. The van der Waals surface area contributed by atoms with Gasteiger partial charge in [-0.05, 0) is 11.8 Å². The Morgan fingerprint density at radius 1 is 1.81 bits per heavy atom. The lowest BCUT2D eigenvalue weighted by Gasteiger charge is -1.99. The van der Waals surface area contributed by atoms with Crippen molar-refractivity contribution >= 4 is 12.2 Å². The van der Waals surface area contributed by atoms with E-state index >= 15 is 0 Å². The average molecular weight is 227 g/mol. The van der Waals surface area contributed by atoms with Crippen molar-refractivity contribution in [2.75, 3.05) is 13.2 Å². The highest BCUT2D eigenvalue weighted by atomic mass is 16.6. The van der Waals surface area contributed by atoms with Crippen LogP contribution < -0.4 is 5.43 Å². The first-order valence-electron chi connectivity index (χ1n) is 4.77. The Hall–Kier alpha value is -1.96. The van der Waals surface area contributed by atoms with Crippen molar-refractivity contribution in [3.05, 3.63) is 22.0 Å². The summed E-state index contributed by atoms with van der Waals surface area (Å²) in [6.45, 7) is 2.54. The Kier molecular flexibility index (Phi) is 4.40. The zero-order valence-corrected chi connectivity index (χ0v) is 8.83. The van der Waals surface area contributed by atoms with Crippen LogP contribution in [0.5, 0.6) is 0 Å². The predicted octanol–water partition coefficient (Wildman–Crippen LogP) is -0.273. The molecule has 0 aliphatic rings. The van der Waals surface area contributed by atoms with Crippen molar-refractivity contribution in [3.63, 3.8) is 0 Å². The highest BCUT2D eigenvalue weighted by Gasteiger charge is 2.17. The Balaban J connectivity index is 2.80. The van der Waals surface area contributed by atoms with E-state index in [-0.39, 0.29) is 12.6 Å². The van der Waals surface area contributed by atoms with Gasteiger partial charge in [0.25, 0.3) is 0 Å². The largest absolute Gasteiger partial charge is 0.435 e. The van der Waals surface area contributed by atoms with Crippen LogP contribution in [0.2, 0.25) is 0 Å². The number of hydrazone groups is 1. The summed E-state index contributed by atoms with van der Waals surface area (Å²) in [4.78, 5) is 13.7. The molecule has 0 spiro atoms. The first-order valence-corrected chi connectivity index (χ1v) is 4.77. The zero-order valence-electron chi connectivity index (χ0n) is 8.83. The van der Waals surface area contributed by atoms with Gasteiger partial charge in [0.1, 0.15) is 6.20 Å². The molecule has 88 valence electrons. The van der Waals surface area contributed by atoms with Gasteiger partial charge in [0, 0.05) is 0 Å². The van der Waals surface area contributed by atoms with Crippen LogP contribution in [-0.4, -0.2) is 38.9 Å². The number of nitro groups is 1. The summed E-state index contributed by atoms with van der Waals surface area (Å²) in [6, 6.07) is 0. The van der Waals surface area contributed by atoms with Crippen LogP contribution in [-0.2, 0) is 6.54 Å². The Morgan fingerprint density at radius 3 is 3.12 bits per heavy atom. The minimum Gasteiger partial charge on any atom is -0.394 e. The van der Waals surface area contributed by atoms with Gasteiger partial charge in [0.15, 0.2) is 5.69 Å². The standard InChI is InChI=1S/C8H13N5O3/c1-2-12-7(6-11-10-3-4-14)5-9-8(12)13(15)16/h5-6,10,14H,2-4H2,1H3/b11-6+. The van der Waals surface area contributed by atoms with Crippen molar-refractivity contribution in [2.45, 2.75) is 13.5 Å². The topological polar surface area (TPSA) is 106 Å². The molecule has 1 aromatic rings. The van der Waals surface area contributed by atoms with E-state index in [1.807, 2.05) is 0 Å². The molecule has 16 heavy (non-hydrogen) atoms. The number of aliphatic hydroxyl groups excluding tert-OH is 1. The molecule has 0 radical (unpaired) electrons. The summed E-state index contributed by atoms with van der Waals surface area (Å²) in [7, 11) is 0. The minimum absolute atomic E-state index is 0.0233. The van der Waals surface area contributed by atoms with E-state index in [0.717, 1.165) is 0 Å². The molecule has 0 atom stereocenters. The van der Waals surface area contributed by atoms with E-state index in [1.54, 1.807) is 6.92 Å². The van der Waals surface area contributed by atoms with E-state index < -0.39 is 4.92 Å². The number of aromatic nitrogens is 2. The first-order chi connectivity index (χ1) is 7.70. The van der Waals surface area contributed by atoms with Gasteiger partial charge < -0.3 is 20.6 Å². The van der Waals surface area contributed by atoms with E-state index in [2.05, 4.69) is 15.5 Å². The van der Waals surface area contributed by atoms with Crippen molar-refractivity contribution in [1.82, 2.24) is 15.0 Å².